The fourth-order valence-electron chi connectivity index (χ4n) is 4.05. The fourth-order valence-corrected chi connectivity index (χ4v) is 4.84. The first-order valence-electron chi connectivity index (χ1n) is 10.1. The molecule has 27 heavy (non-hydrogen) atoms. The first-order chi connectivity index (χ1) is 12.7. The quantitative estimate of drug-likeness (QED) is 0.330. The zero-order valence-corrected chi connectivity index (χ0v) is 20.0. The lowest BCUT2D eigenvalue weighted by atomic mass is 10.2. The molecule has 0 spiro atoms. The molecule has 3 atom stereocenters. The van der Waals surface area contributed by atoms with Crippen LogP contribution in [-0.4, -0.2) is 54.6 Å². The monoisotopic (exact) mass is 506 g/mol. The van der Waals surface area contributed by atoms with Gasteiger partial charge in [-0.05, 0) is 77.4 Å². The average molecular weight is 506 g/mol. The minimum Gasteiger partial charge on any atom is -0.465 e. The lowest BCUT2D eigenvalue weighted by Crippen LogP contribution is -2.43. The zero-order chi connectivity index (χ0) is 18.4. The average Bonchev–Trinajstić information content (AvgIpc) is 3.37. The molecule has 2 heterocycles. The maximum atomic E-state index is 5.96. The molecule has 1 saturated heterocycles. The van der Waals surface area contributed by atoms with E-state index in [4.69, 9.17) is 9.41 Å². The standard InChI is InChI=1S/C20H34N4OS.HI/c1-4-21-20(23-16-8-9-17(13-16)26-3)22-14-18(24-11-5-6-12-24)19-10-7-15(2)25-19;/h7,10,16-18H,4-6,8-9,11-14H2,1-3H3,(H2,21,22,23);1H. The third-order valence-corrected chi connectivity index (χ3v) is 6.59. The van der Waals surface area contributed by atoms with Crippen LogP contribution in [0.25, 0.3) is 0 Å². The predicted octanol–water partition coefficient (Wildman–Crippen LogP) is 4.18. The number of guanidine groups is 1. The molecule has 154 valence electrons. The summed E-state index contributed by atoms with van der Waals surface area (Å²) in [5, 5.41) is 7.88. The van der Waals surface area contributed by atoms with E-state index in [1.165, 1.54) is 32.1 Å². The Morgan fingerprint density at radius 1 is 1.33 bits per heavy atom. The molecule has 3 rings (SSSR count). The molecule has 2 aliphatic rings. The van der Waals surface area contributed by atoms with Gasteiger partial charge >= 0.3 is 0 Å². The van der Waals surface area contributed by atoms with Crippen molar-refractivity contribution < 1.29 is 4.42 Å². The molecule has 1 aromatic rings. The predicted molar refractivity (Wildman–Crippen MR) is 126 cm³/mol. The van der Waals surface area contributed by atoms with Crippen molar-refractivity contribution in [1.29, 1.82) is 0 Å². The molecule has 1 aliphatic carbocycles. The summed E-state index contributed by atoms with van der Waals surface area (Å²) in [7, 11) is 0. The van der Waals surface area contributed by atoms with Crippen LogP contribution in [0.4, 0.5) is 0 Å². The van der Waals surface area contributed by atoms with Crippen molar-refractivity contribution in [2.24, 2.45) is 4.99 Å². The second kappa shape index (κ2) is 11.6. The summed E-state index contributed by atoms with van der Waals surface area (Å²) in [5.41, 5.74) is 0. The molecule has 2 fully saturated rings. The van der Waals surface area contributed by atoms with Gasteiger partial charge in [0.25, 0.3) is 0 Å². The van der Waals surface area contributed by atoms with Gasteiger partial charge in [0.15, 0.2) is 5.96 Å². The third-order valence-electron chi connectivity index (χ3n) is 5.50. The van der Waals surface area contributed by atoms with Gasteiger partial charge in [-0.2, -0.15) is 11.8 Å². The minimum atomic E-state index is 0. The van der Waals surface area contributed by atoms with Crippen LogP contribution >= 0.6 is 35.7 Å². The molecule has 0 radical (unpaired) electrons. The third kappa shape index (κ3) is 6.56. The molecule has 1 saturated carbocycles. The molecule has 0 aromatic carbocycles. The van der Waals surface area contributed by atoms with Gasteiger partial charge in [-0.1, -0.05) is 0 Å². The van der Waals surface area contributed by atoms with Crippen LogP contribution in [0, 0.1) is 6.92 Å². The molecule has 3 unspecified atom stereocenters. The maximum absolute atomic E-state index is 5.96. The van der Waals surface area contributed by atoms with Crippen LogP contribution in [0.2, 0.25) is 0 Å². The number of nitrogens with zero attached hydrogens (tertiary/aromatic N) is 2. The molecule has 7 heteroatoms. The van der Waals surface area contributed by atoms with Gasteiger partial charge < -0.3 is 15.1 Å². The van der Waals surface area contributed by atoms with E-state index in [-0.39, 0.29) is 30.0 Å². The minimum absolute atomic E-state index is 0. The number of thioether (sulfide) groups is 1. The van der Waals surface area contributed by atoms with E-state index in [1.807, 2.05) is 18.7 Å². The number of nitrogens with one attached hydrogen (secondary N) is 2. The number of aliphatic imine (C=N–C) groups is 1. The Kier molecular flexibility index (Phi) is 9.79. The van der Waals surface area contributed by atoms with Crippen molar-refractivity contribution in [3.63, 3.8) is 0 Å². The van der Waals surface area contributed by atoms with Crippen molar-refractivity contribution in [2.45, 2.75) is 63.3 Å². The molecule has 0 amide bonds. The van der Waals surface area contributed by atoms with E-state index < -0.39 is 0 Å². The molecule has 1 aromatic heterocycles. The normalized spacial score (nSPS) is 24.6. The Balaban J connectivity index is 0.00000261. The van der Waals surface area contributed by atoms with Gasteiger partial charge in [-0.15, -0.1) is 24.0 Å². The van der Waals surface area contributed by atoms with Crippen LogP contribution < -0.4 is 10.6 Å². The molecule has 5 nitrogen and oxygen atoms in total. The maximum Gasteiger partial charge on any atom is 0.191 e. The topological polar surface area (TPSA) is 52.8 Å². The highest BCUT2D eigenvalue weighted by atomic mass is 127. The summed E-state index contributed by atoms with van der Waals surface area (Å²) in [5.74, 6) is 2.98. The van der Waals surface area contributed by atoms with Crippen LogP contribution in [0.15, 0.2) is 21.5 Å². The van der Waals surface area contributed by atoms with Gasteiger partial charge in [0.05, 0.1) is 12.6 Å². The van der Waals surface area contributed by atoms with Gasteiger partial charge in [-0.3, -0.25) is 9.89 Å². The molecule has 1 aliphatic heterocycles. The van der Waals surface area contributed by atoms with Crippen LogP contribution in [0.5, 0.6) is 0 Å². The number of hydrogen-bond donors (Lipinski definition) is 2. The first-order valence-corrected chi connectivity index (χ1v) is 11.4. The summed E-state index contributed by atoms with van der Waals surface area (Å²) in [6.45, 7) is 8.05. The number of hydrogen-bond acceptors (Lipinski definition) is 4. The summed E-state index contributed by atoms with van der Waals surface area (Å²) < 4.78 is 5.96. The summed E-state index contributed by atoms with van der Waals surface area (Å²) in [6, 6.07) is 4.96. The van der Waals surface area contributed by atoms with E-state index in [2.05, 4.69) is 40.8 Å². The van der Waals surface area contributed by atoms with Gasteiger partial charge in [0.1, 0.15) is 11.5 Å². The number of likely N-dealkylation sites (tertiary alicyclic amines) is 1. The Morgan fingerprint density at radius 3 is 2.70 bits per heavy atom. The summed E-state index contributed by atoms with van der Waals surface area (Å²) in [6.07, 6.45) is 8.55. The van der Waals surface area contributed by atoms with Gasteiger partial charge in [0, 0.05) is 17.8 Å². The van der Waals surface area contributed by atoms with E-state index >= 15 is 0 Å². The van der Waals surface area contributed by atoms with E-state index in [1.54, 1.807) is 0 Å². The van der Waals surface area contributed by atoms with Crippen molar-refractivity contribution in [3.8, 4) is 0 Å². The Morgan fingerprint density at radius 2 is 2.11 bits per heavy atom. The van der Waals surface area contributed by atoms with Crippen LogP contribution in [-0.2, 0) is 0 Å². The highest BCUT2D eigenvalue weighted by Gasteiger charge is 2.27. The summed E-state index contributed by atoms with van der Waals surface area (Å²) in [4.78, 5) is 7.46. The molecule has 2 N–H and O–H groups in total. The second-order valence-electron chi connectivity index (χ2n) is 7.44. The van der Waals surface area contributed by atoms with Crippen molar-refractivity contribution >= 4 is 41.7 Å². The Hall–Kier alpha value is -0.410. The fraction of sp³-hybridized carbons (Fsp3) is 0.750. The van der Waals surface area contributed by atoms with Crippen molar-refractivity contribution in [3.05, 3.63) is 23.7 Å². The van der Waals surface area contributed by atoms with Crippen LogP contribution in [0.1, 0.15) is 56.6 Å². The van der Waals surface area contributed by atoms with E-state index in [9.17, 15) is 0 Å². The highest BCUT2D eigenvalue weighted by Crippen LogP contribution is 2.29. The van der Waals surface area contributed by atoms with Gasteiger partial charge in [0.2, 0.25) is 0 Å². The van der Waals surface area contributed by atoms with E-state index in [0.29, 0.717) is 6.04 Å². The number of aryl methyl sites for hydroxylation is 1. The molecular weight excluding hydrogens is 471 g/mol. The Bertz CT molecular complexity index is 588. The summed E-state index contributed by atoms with van der Waals surface area (Å²) >= 11 is 1.99. The Labute approximate surface area is 185 Å². The number of halogens is 1. The van der Waals surface area contributed by atoms with Crippen molar-refractivity contribution in [2.75, 3.05) is 32.4 Å². The molecule has 0 bridgehead atoms. The lowest BCUT2D eigenvalue weighted by Gasteiger charge is -2.25. The lowest BCUT2D eigenvalue weighted by molar-refractivity contribution is 0.219. The second-order valence-corrected chi connectivity index (χ2v) is 8.58. The van der Waals surface area contributed by atoms with Crippen LogP contribution in [0.3, 0.4) is 0 Å². The largest absolute Gasteiger partial charge is 0.465 e. The SMILES string of the molecule is CCNC(=NCC(c1ccc(C)o1)N1CCCC1)NC1CCC(SC)C1.I. The molecular formula is C20H35IN4OS. The first kappa shape index (κ1) is 22.9. The van der Waals surface area contributed by atoms with Crippen molar-refractivity contribution in [1.82, 2.24) is 15.5 Å². The highest BCUT2D eigenvalue weighted by molar-refractivity contribution is 14.0. The van der Waals surface area contributed by atoms with Gasteiger partial charge in [-0.25, -0.2) is 0 Å². The van der Waals surface area contributed by atoms with E-state index in [0.717, 1.165) is 48.9 Å². The number of rotatable bonds is 7. The zero-order valence-electron chi connectivity index (χ0n) is 16.9. The number of furan rings is 1. The smallest absolute Gasteiger partial charge is 0.191 e.